The highest BCUT2D eigenvalue weighted by Gasteiger charge is 2.42. The lowest BCUT2D eigenvalue weighted by atomic mass is 10.2. The molecule has 1 amide bonds. The van der Waals surface area contributed by atoms with Gasteiger partial charge in [-0.15, -0.1) is 0 Å². The molecule has 2 heterocycles. The fourth-order valence-electron chi connectivity index (χ4n) is 1.05. The number of β-lactam (4-membered cyclic amide) rings is 1. The minimum Gasteiger partial charge on any atom is -0.324 e. The molecule has 4 heteroatoms. The molecule has 2 fully saturated rings. The van der Waals surface area contributed by atoms with E-state index in [0.717, 1.165) is 4.20 Å². The Morgan fingerprint density at radius 3 is 3.00 bits per heavy atom. The molecule has 2 saturated heterocycles. The molecule has 2 nitrogen and oxygen atoms in total. The third-order valence-electron chi connectivity index (χ3n) is 1.58. The standard InChI is InChI=1S/C5H5NOS2/c7-3-1-4-6(3)2-5(8)9-4/h4H,1-2H2/t4-/m1/s1. The van der Waals surface area contributed by atoms with E-state index in [1.807, 2.05) is 4.90 Å². The average Bonchev–Trinajstić information content (AvgIpc) is 2.08. The summed E-state index contributed by atoms with van der Waals surface area (Å²) in [7, 11) is 0. The molecule has 0 unspecified atom stereocenters. The van der Waals surface area contributed by atoms with Crippen molar-refractivity contribution in [2.75, 3.05) is 6.54 Å². The molecule has 0 saturated carbocycles. The van der Waals surface area contributed by atoms with Gasteiger partial charge in [0.05, 0.1) is 22.5 Å². The maximum atomic E-state index is 10.7. The molecule has 0 spiro atoms. The van der Waals surface area contributed by atoms with Crippen LogP contribution in [0.5, 0.6) is 0 Å². The highest BCUT2D eigenvalue weighted by Crippen LogP contribution is 2.36. The molecule has 9 heavy (non-hydrogen) atoms. The maximum absolute atomic E-state index is 10.7. The van der Waals surface area contributed by atoms with Crippen LogP contribution in [0.1, 0.15) is 6.42 Å². The van der Waals surface area contributed by atoms with E-state index in [1.54, 1.807) is 11.8 Å². The molecular weight excluding hydrogens is 154 g/mol. The number of rotatable bonds is 0. The third kappa shape index (κ3) is 0.697. The van der Waals surface area contributed by atoms with Crippen LogP contribution in [0.2, 0.25) is 0 Å². The van der Waals surface area contributed by atoms with Crippen LogP contribution in [0.4, 0.5) is 0 Å². The van der Waals surface area contributed by atoms with Crippen LogP contribution in [0.15, 0.2) is 0 Å². The average molecular weight is 159 g/mol. The van der Waals surface area contributed by atoms with Crippen molar-refractivity contribution in [1.82, 2.24) is 4.90 Å². The van der Waals surface area contributed by atoms with Gasteiger partial charge in [0.15, 0.2) is 0 Å². The zero-order chi connectivity index (χ0) is 6.43. The molecule has 0 aromatic heterocycles. The van der Waals surface area contributed by atoms with Crippen molar-refractivity contribution in [1.29, 1.82) is 0 Å². The van der Waals surface area contributed by atoms with Gasteiger partial charge >= 0.3 is 0 Å². The van der Waals surface area contributed by atoms with Crippen LogP contribution >= 0.6 is 24.0 Å². The summed E-state index contributed by atoms with van der Waals surface area (Å²) < 4.78 is 0.964. The summed E-state index contributed by atoms with van der Waals surface area (Å²) in [4.78, 5) is 12.5. The van der Waals surface area contributed by atoms with Crippen LogP contribution < -0.4 is 0 Å². The Bertz CT molecular complexity index is 189. The number of amides is 1. The molecular formula is C5H5NOS2. The van der Waals surface area contributed by atoms with Gasteiger partial charge in [-0.2, -0.15) is 0 Å². The Morgan fingerprint density at radius 2 is 2.56 bits per heavy atom. The van der Waals surface area contributed by atoms with Crippen LogP contribution in [0, 0.1) is 0 Å². The van der Waals surface area contributed by atoms with Crippen molar-refractivity contribution in [2.45, 2.75) is 11.8 Å². The largest absolute Gasteiger partial charge is 0.324 e. The zero-order valence-corrected chi connectivity index (χ0v) is 6.30. The van der Waals surface area contributed by atoms with Gasteiger partial charge in [0.25, 0.3) is 0 Å². The molecule has 0 aromatic carbocycles. The van der Waals surface area contributed by atoms with E-state index in [2.05, 4.69) is 0 Å². The lowest BCUT2D eigenvalue weighted by Crippen LogP contribution is -2.46. The fraction of sp³-hybridized carbons (Fsp3) is 0.600. The summed E-state index contributed by atoms with van der Waals surface area (Å²) in [5, 5.41) is 0.407. The Balaban J connectivity index is 2.16. The Morgan fingerprint density at radius 1 is 1.78 bits per heavy atom. The summed E-state index contributed by atoms with van der Waals surface area (Å²) in [5.74, 6) is 0.257. The predicted octanol–water partition coefficient (Wildman–Crippen LogP) is 0.619. The van der Waals surface area contributed by atoms with Crippen LogP contribution in [-0.4, -0.2) is 26.9 Å². The second-order valence-corrected chi connectivity index (χ2v) is 4.19. The first-order valence-electron chi connectivity index (χ1n) is 2.76. The number of thioether (sulfide) groups is 1. The van der Waals surface area contributed by atoms with Crippen molar-refractivity contribution in [3.05, 3.63) is 0 Å². The molecule has 1 atom stereocenters. The second-order valence-electron chi connectivity index (χ2n) is 2.17. The summed E-state index contributed by atoms with van der Waals surface area (Å²) in [6.45, 7) is 0.712. The third-order valence-corrected chi connectivity index (χ3v) is 3.09. The minimum atomic E-state index is 0.257. The molecule has 48 valence electrons. The number of hydrogen-bond acceptors (Lipinski definition) is 3. The zero-order valence-electron chi connectivity index (χ0n) is 4.66. The monoisotopic (exact) mass is 159 g/mol. The molecule has 2 aliphatic heterocycles. The molecule has 0 N–H and O–H groups in total. The van der Waals surface area contributed by atoms with Gasteiger partial charge < -0.3 is 4.90 Å². The topological polar surface area (TPSA) is 20.3 Å². The van der Waals surface area contributed by atoms with E-state index in [-0.39, 0.29) is 5.91 Å². The highest BCUT2D eigenvalue weighted by molar-refractivity contribution is 8.24. The maximum Gasteiger partial charge on any atom is 0.226 e. The number of thiocarbonyl (C=S) groups is 1. The van der Waals surface area contributed by atoms with E-state index in [0.29, 0.717) is 18.3 Å². The minimum absolute atomic E-state index is 0.257. The van der Waals surface area contributed by atoms with Crippen LogP contribution in [0.3, 0.4) is 0 Å². The smallest absolute Gasteiger partial charge is 0.226 e. The predicted molar refractivity (Wildman–Crippen MR) is 40.3 cm³/mol. The van der Waals surface area contributed by atoms with Gasteiger partial charge in [-0.3, -0.25) is 4.79 Å². The van der Waals surface area contributed by atoms with E-state index >= 15 is 0 Å². The van der Waals surface area contributed by atoms with Crippen molar-refractivity contribution >= 4 is 34.1 Å². The van der Waals surface area contributed by atoms with Gasteiger partial charge in [-0.1, -0.05) is 24.0 Å². The second kappa shape index (κ2) is 1.70. The summed E-state index contributed by atoms with van der Waals surface area (Å²) in [6.07, 6.45) is 0.699. The van der Waals surface area contributed by atoms with Crippen molar-refractivity contribution in [3.8, 4) is 0 Å². The number of carbonyl (C=O) groups is 1. The molecule has 0 radical (unpaired) electrons. The van der Waals surface area contributed by atoms with Crippen molar-refractivity contribution < 1.29 is 4.79 Å². The SMILES string of the molecule is O=C1C[C@H]2SC(=S)CN12. The first-order valence-corrected chi connectivity index (χ1v) is 4.05. The van der Waals surface area contributed by atoms with Gasteiger partial charge in [0, 0.05) is 0 Å². The fourth-order valence-corrected chi connectivity index (χ4v) is 2.58. The van der Waals surface area contributed by atoms with E-state index in [1.165, 1.54) is 0 Å². The van der Waals surface area contributed by atoms with E-state index in [4.69, 9.17) is 12.2 Å². The number of fused-ring (bicyclic) bond motifs is 1. The van der Waals surface area contributed by atoms with E-state index in [9.17, 15) is 4.79 Å². The summed E-state index contributed by atoms with van der Waals surface area (Å²) >= 11 is 6.59. The first kappa shape index (κ1) is 5.68. The number of nitrogens with zero attached hydrogens (tertiary/aromatic N) is 1. The summed E-state index contributed by atoms with van der Waals surface area (Å²) in [5.41, 5.74) is 0. The Hall–Kier alpha value is -0.0900. The normalized spacial score (nSPS) is 32.4. The number of hydrogen-bond donors (Lipinski definition) is 0. The van der Waals surface area contributed by atoms with Crippen molar-refractivity contribution in [3.63, 3.8) is 0 Å². The molecule has 2 rings (SSSR count). The highest BCUT2D eigenvalue weighted by atomic mass is 32.2. The van der Waals surface area contributed by atoms with Gasteiger partial charge in [-0.25, -0.2) is 0 Å². The quantitative estimate of drug-likeness (QED) is 0.382. The van der Waals surface area contributed by atoms with Crippen LogP contribution in [0.25, 0.3) is 0 Å². The Labute approximate surface area is 62.6 Å². The first-order chi connectivity index (χ1) is 4.27. The van der Waals surface area contributed by atoms with Gasteiger partial charge in [0.1, 0.15) is 0 Å². The molecule has 0 aliphatic carbocycles. The Kier molecular flexibility index (Phi) is 1.07. The molecule has 0 aromatic rings. The van der Waals surface area contributed by atoms with Gasteiger partial charge in [0.2, 0.25) is 5.91 Å². The lowest BCUT2D eigenvalue weighted by Gasteiger charge is -2.32. The molecule has 2 aliphatic rings. The van der Waals surface area contributed by atoms with E-state index < -0.39 is 0 Å². The van der Waals surface area contributed by atoms with Gasteiger partial charge in [-0.05, 0) is 0 Å². The summed E-state index contributed by atoms with van der Waals surface area (Å²) in [6, 6.07) is 0. The lowest BCUT2D eigenvalue weighted by molar-refractivity contribution is -0.139. The van der Waals surface area contributed by atoms with Crippen molar-refractivity contribution in [2.24, 2.45) is 0 Å². The number of carbonyl (C=O) groups excluding carboxylic acids is 1. The molecule has 0 bridgehead atoms. The van der Waals surface area contributed by atoms with Crippen LogP contribution in [-0.2, 0) is 4.79 Å².